The molecule has 0 aliphatic carbocycles. The minimum absolute atomic E-state index is 0.500. The third kappa shape index (κ3) is 6.65. The Bertz CT molecular complexity index is 1200. The summed E-state index contributed by atoms with van der Waals surface area (Å²) in [6.45, 7) is 5.36. The first-order valence-corrected chi connectivity index (χ1v) is 12.8. The van der Waals surface area contributed by atoms with Crippen molar-refractivity contribution in [3.05, 3.63) is 77.5 Å². The van der Waals surface area contributed by atoms with Crippen LogP contribution in [-0.4, -0.2) is 64.9 Å². The summed E-state index contributed by atoms with van der Waals surface area (Å²) >= 11 is 0. The number of nitrogens with one attached hydrogen (secondary N) is 1. The van der Waals surface area contributed by atoms with Crippen molar-refractivity contribution in [1.82, 2.24) is 0 Å². The first-order chi connectivity index (χ1) is 18.3. The van der Waals surface area contributed by atoms with Crippen LogP contribution in [0, 0.1) is 0 Å². The summed E-state index contributed by atoms with van der Waals surface area (Å²) in [6.07, 6.45) is 9.29. The molecule has 1 saturated heterocycles. The van der Waals surface area contributed by atoms with Gasteiger partial charge in [0.15, 0.2) is 0 Å². The number of guanidine groups is 1. The Morgan fingerprint density at radius 3 is 2.62 bits per heavy atom. The van der Waals surface area contributed by atoms with Gasteiger partial charge in [0.2, 0.25) is 5.96 Å². The maximum Gasteiger partial charge on any atom is 0.227 e. The standard InChI is InChI=1S/C29H34N4O4/c1-34-28-9-6-22-19-23(28)10-16-35-14-2-3-15-37-21-24-20-25(31-29-30-11-4-5-26(22)32-29)7-8-27(24)33-12-17-36-18-13-33/h2-4,6-9,11,19-20H,5,10,12-18,21H2,1H3,(H,30,31)/b3-2+. The maximum atomic E-state index is 6.02. The second-order valence-electron chi connectivity index (χ2n) is 9.01. The molecule has 3 aliphatic heterocycles. The van der Waals surface area contributed by atoms with E-state index in [0.29, 0.717) is 38.8 Å². The molecule has 2 aromatic carbocycles. The van der Waals surface area contributed by atoms with E-state index in [9.17, 15) is 0 Å². The van der Waals surface area contributed by atoms with Gasteiger partial charge in [-0.25, -0.2) is 9.98 Å². The van der Waals surface area contributed by atoms with Crippen molar-refractivity contribution in [2.24, 2.45) is 9.98 Å². The van der Waals surface area contributed by atoms with Gasteiger partial charge in [0.25, 0.3) is 0 Å². The zero-order chi connectivity index (χ0) is 25.3. The van der Waals surface area contributed by atoms with E-state index in [0.717, 1.165) is 66.6 Å². The largest absolute Gasteiger partial charge is 0.496 e. The molecule has 8 nitrogen and oxygen atoms in total. The van der Waals surface area contributed by atoms with Gasteiger partial charge in [-0.1, -0.05) is 18.2 Å². The highest BCUT2D eigenvalue weighted by atomic mass is 16.5. The molecule has 194 valence electrons. The van der Waals surface area contributed by atoms with Gasteiger partial charge in [0.1, 0.15) is 5.75 Å². The lowest BCUT2D eigenvalue weighted by atomic mass is 10.0. The number of rotatable bonds is 2. The van der Waals surface area contributed by atoms with Crippen molar-refractivity contribution in [2.45, 2.75) is 19.4 Å². The Balaban J connectivity index is 1.47. The van der Waals surface area contributed by atoms with E-state index >= 15 is 0 Å². The Hall–Kier alpha value is -3.46. The quantitative estimate of drug-likeness (QED) is 0.616. The minimum atomic E-state index is 0.500. The van der Waals surface area contributed by atoms with Crippen LogP contribution < -0.4 is 15.0 Å². The van der Waals surface area contributed by atoms with Gasteiger partial charge in [0.05, 0.1) is 52.5 Å². The van der Waals surface area contributed by atoms with Crippen LogP contribution in [0.1, 0.15) is 23.1 Å². The Morgan fingerprint density at radius 1 is 0.892 bits per heavy atom. The van der Waals surface area contributed by atoms with Crippen LogP contribution >= 0.6 is 0 Å². The van der Waals surface area contributed by atoms with Gasteiger partial charge in [-0.3, -0.25) is 0 Å². The summed E-state index contributed by atoms with van der Waals surface area (Å²) in [5, 5.41) is 3.42. The number of nitrogens with zero attached hydrogens (tertiary/aromatic N) is 3. The van der Waals surface area contributed by atoms with Crippen molar-refractivity contribution in [2.75, 3.05) is 63.5 Å². The molecule has 0 unspecified atom stereocenters. The number of hydrogen-bond acceptors (Lipinski definition) is 8. The van der Waals surface area contributed by atoms with Crippen LogP contribution in [0.4, 0.5) is 11.4 Å². The monoisotopic (exact) mass is 502 g/mol. The van der Waals surface area contributed by atoms with Crippen molar-refractivity contribution in [1.29, 1.82) is 0 Å². The summed E-state index contributed by atoms with van der Waals surface area (Å²) < 4.78 is 23.0. The minimum Gasteiger partial charge on any atom is -0.496 e. The normalized spacial score (nSPS) is 19.8. The molecule has 2 aromatic rings. The van der Waals surface area contributed by atoms with Crippen molar-refractivity contribution >= 4 is 23.0 Å². The molecular weight excluding hydrogens is 468 g/mol. The second-order valence-corrected chi connectivity index (χ2v) is 9.01. The molecule has 0 radical (unpaired) electrons. The number of ether oxygens (including phenoxy) is 4. The molecular formula is C29H34N4O4. The molecule has 0 spiro atoms. The van der Waals surface area contributed by atoms with Gasteiger partial charge in [-0.2, -0.15) is 0 Å². The Kier molecular flexibility index (Phi) is 8.63. The number of morpholine rings is 1. The van der Waals surface area contributed by atoms with Gasteiger partial charge >= 0.3 is 0 Å². The lowest BCUT2D eigenvalue weighted by Gasteiger charge is -2.31. The molecule has 3 heterocycles. The fourth-order valence-corrected chi connectivity index (χ4v) is 4.61. The molecule has 37 heavy (non-hydrogen) atoms. The number of hydrogen-bond donors (Lipinski definition) is 1. The van der Waals surface area contributed by atoms with E-state index < -0.39 is 0 Å². The molecule has 1 fully saturated rings. The molecule has 1 N–H and O–H groups in total. The van der Waals surface area contributed by atoms with Crippen LogP contribution in [0.3, 0.4) is 0 Å². The van der Waals surface area contributed by atoms with E-state index in [4.69, 9.17) is 23.9 Å². The van der Waals surface area contributed by atoms with Crippen LogP contribution in [0.5, 0.6) is 5.75 Å². The van der Waals surface area contributed by atoms with Crippen molar-refractivity contribution in [3.8, 4) is 5.75 Å². The highest BCUT2D eigenvalue weighted by molar-refractivity contribution is 6.11. The molecule has 0 aromatic heterocycles. The number of fused-ring (bicyclic) bond motifs is 6. The van der Waals surface area contributed by atoms with Crippen molar-refractivity contribution < 1.29 is 18.9 Å². The van der Waals surface area contributed by atoms with Crippen molar-refractivity contribution in [3.63, 3.8) is 0 Å². The average molecular weight is 503 g/mol. The fourth-order valence-electron chi connectivity index (χ4n) is 4.61. The summed E-state index contributed by atoms with van der Waals surface area (Å²) in [5.41, 5.74) is 6.29. The first-order valence-electron chi connectivity index (χ1n) is 12.8. The van der Waals surface area contributed by atoms with Gasteiger partial charge in [-0.15, -0.1) is 0 Å². The van der Waals surface area contributed by atoms with Crippen LogP contribution in [-0.2, 0) is 27.2 Å². The van der Waals surface area contributed by atoms with E-state index in [1.54, 1.807) is 7.11 Å². The fraction of sp³-hybridized carbons (Fsp3) is 0.379. The molecule has 0 saturated carbocycles. The smallest absolute Gasteiger partial charge is 0.227 e. The number of methoxy groups -OCH3 is 1. The summed E-state index contributed by atoms with van der Waals surface area (Å²) in [4.78, 5) is 11.8. The summed E-state index contributed by atoms with van der Waals surface area (Å²) in [7, 11) is 1.70. The molecule has 8 heteroatoms. The highest BCUT2D eigenvalue weighted by Gasteiger charge is 2.17. The number of allylic oxidation sites excluding steroid dienone is 1. The second kappa shape index (κ2) is 12.7. The lowest BCUT2D eigenvalue weighted by molar-refractivity contribution is 0.121. The SMILES string of the molecule is COc1ccc2cc1CCOC/C=C/COCc1cc(ccc1N1CCOCC1)NC1=NC=CCC2=N1. The Morgan fingerprint density at radius 2 is 1.76 bits per heavy atom. The topological polar surface area (TPSA) is 76.9 Å². The lowest BCUT2D eigenvalue weighted by Crippen LogP contribution is -2.36. The summed E-state index contributed by atoms with van der Waals surface area (Å²) in [6, 6.07) is 12.5. The number of aliphatic imine (C=N–C) groups is 2. The van der Waals surface area contributed by atoms with E-state index in [1.807, 2.05) is 30.5 Å². The van der Waals surface area contributed by atoms with Crippen LogP contribution in [0.2, 0.25) is 0 Å². The summed E-state index contributed by atoms with van der Waals surface area (Å²) in [5.74, 6) is 1.41. The molecule has 5 rings (SSSR count). The van der Waals surface area contributed by atoms with Crippen LogP contribution in [0.15, 0.2) is 70.8 Å². The maximum absolute atomic E-state index is 6.02. The zero-order valence-electron chi connectivity index (χ0n) is 21.3. The van der Waals surface area contributed by atoms with E-state index in [2.05, 4.69) is 45.5 Å². The first kappa shape index (κ1) is 25.2. The van der Waals surface area contributed by atoms with E-state index in [-0.39, 0.29) is 0 Å². The third-order valence-corrected chi connectivity index (χ3v) is 6.52. The number of anilines is 2. The zero-order valence-corrected chi connectivity index (χ0v) is 21.3. The predicted molar refractivity (Wildman–Crippen MR) is 147 cm³/mol. The molecule has 0 atom stereocenters. The highest BCUT2D eigenvalue weighted by Crippen LogP contribution is 2.27. The van der Waals surface area contributed by atoms with E-state index in [1.165, 1.54) is 5.69 Å². The molecule has 6 bridgehead atoms. The third-order valence-electron chi connectivity index (χ3n) is 6.52. The molecule has 0 amide bonds. The average Bonchev–Trinajstić information content (AvgIpc) is 3.18. The van der Waals surface area contributed by atoms with Gasteiger partial charge in [0, 0.05) is 42.6 Å². The molecule has 3 aliphatic rings. The Labute approximate surface area is 218 Å². The van der Waals surface area contributed by atoms with Crippen LogP contribution in [0.25, 0.3) is 0 Å². The number of benzene rings is 2. The predicted octanol–water partition coefficient (Wildman–Crippen LogP) is 4.35. The van der Waals surface area contributed by atoms with Gasteiger partial charge < -0.3 is 29.2 Å². The van der Waals surface area contributed by atoms with Gasteiger partial charge in [-0.05, 0) is 53.9 Å².